The number of piperidine rings is 1. The highest BCUT2D eigenvalue weighted by Gasteiger charge is 2.28. The molecule has 0 aliphatic carbocycles. The second-order valence-electron chi connectivity index (χ2n) is 6.56. The summed E-state index contributed by atoms with van der Waals surface area (Å²) in [7, 11) is 0. The lowest BCUT2D eigenvalue weighted by Gasteiger charge is -2.33. The Kier molecular flexibility index (Phi) is 3.99. The molecule has 0 spiro atoms. The minimum atomic E-state index is 0.108. The molecule has 0 radical (unpaired) electrons. The third-order valence-corrected chi connectivity index (χ3v) is 4.92. The molecule has 1 atom stereocenters. The van der Waals surface area contributed by atoms with Gasteiger partial charge in [0.1, 0.15) is 12.0 Å². The van der Waals surface area contributed by atoms with Crippen LogP contribution in [0.25, 0.3) is 5.78 Å². The summed E-state index contributed by atoms with van der Waals surface area (Å²) < 4.78 is 3.80. The van der Waals surface area contributed by atoms with Crippen molar-refractivity contribution in [3.63, 3.8) is 0 Å². The van der Waals surface area contributed by atoms with Crippen molar-refractivity contribution in [3.8, 4) is 0 Å². The number of hydrogen-bond donors (Lipinski definition) is 0. The monoisotopic (exact) mass is 338 g/mol. The number of fused-ring (bicyclic) bond motifs is 1. The molecule has 25 heavy (non-hydrogen) atoms. The van der Waals surface area contributed by atoms with Gasteiger partial charge < -0.3 is 9.47 Å². The first kappa shape index (κ1) is 15.8. The number of amides is 1. The van der Waals surface area contributed by atoms with Gasteiger partial charge in [-0.3, -0.25) is 4.79 Å². The first-order chi connectivity index (χ1) is 12.2. The van der Waals surface area contributed by atoms with Gasteiger partial charge in [0.25, 0.3) is 11.7 Å². The predicted molar refractivity (Wildman–Crippen MR) is 93.5 cm³/mol. The lowest BCUT2D eigenvalue weighted by molar-refractivity contribution is 0.0694. The zero-order valence-corrected chi connectivity index (χ0v) is 14.6. The molecule has 0 saturated carbocycles. The molecule has 1 unspecified atom stereocenters. The van der Waals surface area contributed by atoms with Crippen LogP contribution in [0.15, 0.2) is 30.7 Å². The normalized spacial score (nSPS) is 18.0. The van der Waals surface area contributed by atoms with E-state index in [1.54, 1.807) is 4.52 Å². The minimum Gasteiger partial charge on any atom is -0.344 e. The quantitative estimate of drug-likeness (QED) is 0.735. The van der Waals surface area contributed by atoms with Gasteiger partial charge in [0.2, 0.25) is 0 Å². The summed E-state index contributed by atoms with van der Waals surface area (Å²) in [4.78, 5) is 23.5. The van der Waals surface area contributed by atoms with E-state index in [1.165, 1.54) is 6.33 Å². The Hall–Kier alpha value is -2.70. The van der Waals surface area contributed by atoms with Gasteiger partial charge >= 0.3 is 0 Å². The van der Waals surface area contributed by atoms with Crippen LogP contribution in [0.3, 0.4) is 0 Å². The maximum atomic E-state index is 13.0. The topological polar surface area (TPSA) is 68.3 Å². The molecule has 1 fully saturated rings. The van der Waals surface area contributed by atoms with E-state index in [0.717, 1.165) is 43.0 Å². The summed E-state index contributed by atoms with van der Waals surface area (Å²) in [6.45, 7) is 6.32. The Morgan fingerprint density at radius 3 is 3.12 bits per heavy atom. The number of rotatable bonds is 3. The summed E-state index contributed by atoms with van der Waals surface area (Å²) in [5.74, 6) is 0.976. The van der Waals surface area contributed by atoms with Crippen LogP contribution in [-0.4, -0.2) is 48.0 Å². The zero-order valence-electron chi connectivity index (χ0n) is 14.6. The van der Waals surface area contributed by atoms with Crippen molar-refractivity contribution in [2.75, 3.05) is 13.1 Å². The number of aryl methyl sites for hydroxylation is 2. The number of carbonyl (C=O) groups is 1. The molecule has 3 aromatic rings. The number of aromatic nitrogens is 5. The molecule has 7 heteroatoms. The number of likely N-dealkylation sites (tertiary alicyclic amines) is 1. The van der Waals surface area contributed by atoms with E-state index < -0.39 is 0 Å². The molecule has 1 aliphatic heterocycles. The van der Waals surface area contributed by atoms with Gasteiger partial charge in [0.15, 0.2) is 0 Å². The molecule has 1 amide bonds. The van der Waals surface area contributed by atoms with E-state index in [4.69, 9.17) is 0 Å². The van der Waals surface area contributed by atoms with Crippen molar-refractivity contribution in [2.24, 2.45) is 0 Å². The van der Waals surface area contributed by atoms with Gasteiger partial charge in [0.05, 0.1) is 5.69 Å². The molecule has 4 rings (SSSR count). The average molecular weight is 338 g/mol. The Morgan fingerprint density at radius 2 is 2.28 bits per heavy atom. The van der Waals surface area contributed by atoms with E-state index in [1.807, 2.05) is 34.7 Å². The van der Waals surface area contributed by atoms with E-state index in [-0.39, 0.29) is 11.8 Å². The first-order valence-corrected chi connectivity index (χ1v) is 8.79. The minimum absolute atomic E-state index is 0.108. The van der Waals surface area contributed by atoms with Crippen molar-refractivity contribution < 1.29 is 4.79 Å². The van der Waals surface area contributed by atoms with Crippen molar-refractivity contribution >= 4 is 11.7 Å². The van der Waals surface area contributed by atoms with Crippen LogP contribution in [0, 0.1) is 6.92 Å². The molecule has 0 bridgehead atoms. The Labute approximate surface area is 146 Å². The van der Waals surface area contributed by atoms with E-state index >= 15 is 0 Å². The van der Waals surface area contributed by atoms with Gasteiger partial charge in [0, 0.05) is 37.4 Å². The lowest BCUT2D eigenvalue weighted by Crippen LogP contribution is -2.40. The highest BCUT2D eigenvalue weighted by atomic mass is 16.2. The summed E-state index contributed by atoms with van der Waals surface area (Å²) in [6.07, 6.45) is 5.52. The lowest BCUT2D eigenvalue weighted by atomic mass is 9.94. The first-order valence-electron chi connectivity index (χ1n) is 8.79. The zero-order chi connectivity index (χ0) is 17.4. The standard InChI is InChI=1S/C18H22N6O/c1-3-22-8-5-7-15(22)17(25)23-9-4-6-14(11-23)16-10-13(2)21-18-19-12-20-24(16)18/h5,7-8,10,12,14H,3-4,6,9,11H2,1-2H3. The number of carbonyl (C=O) groups excluding carboxylic acids is 1. The Balaban J connectivity index is 1.62. The second-order valence-corrected chi connectivity index (χ2v) is 6.56. The highest BCUT2D eigenvalue weighted by Crippen LogP contribution is 2.28. The van der Waals surface area contributed by atoms with Crippen molar-refractivity contribution in [3.05, 3.63) is 47.8 Å². The molecular formula is C18H22N6O. The van der Waals surface area contributed by atoms with Crippen LogP contribution in [-0.2, 0) is 6.54 Å². The summed E-state index contributed by atoms with van der Waals surface area (Å²) in [5, 5.41) is 4.32. The predicted octanol–water partition coefficient (Wildman–Crippen LogP) is 2.27. The number of nitrogens with zero attached hydrogens (tertiary/aromatic N) is 6. The van der Waals surface area contributed by atoms with E-state index in [9.17, 15) is 4.79 Å². The number of hydrogen-bond acceptors (Lipinski definition) is 4. The van der Waals surface area contributed by atoms with E-state index in [0.29, 0.717) is 12.3 Å². The third kappa shape index (κ3) is 2.79. The van der Waals surface area contributed by atoms with Crippen LogP contribution in [0.5, 0.6) is 0 Å². The smallest absolute Gasteiger partial charge is 0.270 e. The summed E-state index contributed by atoms with van der Waals surface area (Å²) >= 11 is 0. The summed E-state index contributed by atoms with van der Waals surface area (Å²) in [6, 6.07) is 5.90. The highest BCUT2D eigenvalue weighted by molar-refractivity contribution is 5.92. The van der Waals surface area contributed by atoms with Gasteiger partial charge in [-0.15, -0.1) is 0 Å². The summed E-state index contributed by atoms with van der Waals surface area (Å²) in [5.41, 5.74) is 2.78. The Morgan fingerprint density at radius 1 is 1.40 bits per heavy atom. The van der Waals surface area contributed by atoms with Gasteiger partial charge in [-0.25, -0.2) is 9.50 Å². The van der Waals surface area contributed by atoms with Crippen LogP contribution < -0.4 is 0 Å². The molecular weight excluding hydrogens is 316 g/mol. The van der Waals surface area contributed by atoms with Gasteiger partial charge in [-0.05, 0) is 44.9 Å². The molecule has 1 aliphatic rings. The maximum Gasteiger partial charge on any atom is 0.270 e. The van der Waals surface area contributed by atoms with Crippen LogP contribution in [0.2, 0.25) is 0 Å². The fourth-order valence-corrected chi connectivity index (χ4v) is 3.70. The molecule has 0 N–H and O–H groups in total. The average Bonchev–Trinajstić information content (AvgIpc) is 3.29. The van der Waals surface area contributed by atoms with Crippen molar-refractivity contribution in [1.29, 1.82) is 0 Å². The van der Waals surface area contributed by atoms with E-state index in [2.05, 4.69) is 28.1 Å². The van der Waals surface area contributed by atoms with Crippen LogP contribution >= 0.6 is 0 Å². The molecule has 4 heterocycles. The molecule has 130 valence electrons. The van der Waals surface area contributed by atoms with Crippen LogP contribution in [0.1, 0.15) is 47.6 Å². The Bertz CT molecular complexity index is 911. The fourth-order valence-electron chi connectivity index (χ4n) is 3.70. The second kappa shape index (κ2) is 6.31. The molecule has 0 aromatic carbocycles. The molecule has 7 nitrogen and oxygen atoms in total. The molecule has 1 saturated heterocycles. The SMILES string of the molecule is CCn1cccc1C(=O)N1CCCC(c2cc(C)nc3ncnn23)C1. The molecule has 3 aromatic heterocycles. The van der Waals surface area contributed by atoms with Gasteiger partial charge in [-0.2, -0.15) is 10.1 Å². The van der Waals surface area contributed by atoms with Crippen LogP contribution in [0.4, 0.5) is 0 Å². The largest absolute Gasteiger partial charge is 0.344 e. The maximum absolute atomic E-state index is 13.0. The van der Waals surface area contributed by atoms with Crippen molar-refractivity contribution in [1.82, 2.24) is 29.0 Å². The fraction of sp³-hybridized carbons (Fsp3) is 0.444. The van der Waals surface area contributed by atoms with Gasteiger partial charge in [-0.1, -0.05) is 0 Å². The third-order valence-electron chi connectivity index (χ3n) is 4.92. The van der Waals surface area contributed by atoms with Crippen molar-refractivity contribution in [2.45, 2.75) is 39.2 Å².